The average molecular weight is 464 g/mol. The molecule has 0 spiro atoms. The molecule has 0 aliphatic carbocycles. The summed E-state index contributed by atoms with van der Waals surface area (Å²) in [7, 11) is 0. The highest BCUT2D eigenvalue weighted by Crippen LogP contribution is 2.33. The van der Waals surface area contributed by atoms with Crippen LogP contribution in [-0.2, 0) is 11.3 Å². The van der Waals surface area contributed by atoms with Crippen LogP contribution in [0.2, 0.25) is 5.02 Å². The lowest BCUT2D eigenvalue weighted by Gasteiger charge is -2.32. The largest absolute Gasteiger partial charge is 0.454 e. The number of nitrogens with zero attached hydrogens (tertiary/aromatic N) is 2. The second-order valence-electron chi connectivity index (χ2n) is 8.49. The van der Waals surface area contributed by atoms with Crippen molar-refractivity contribution in [1.82, 2.24) is 15.2 Å². The summed E-state index contributed by atoms with van der Waals surface area (Å²) in [4.78, 5) is 20.1. The van der Waals surface area contributed by atoms with E-state index in [0.29, 0.717) is 5.02 Å². The van der Waals surface area contributed by atoms with E-state index < -0.39 is 0 Å². The molecular weight excluding hydrogens is 438 g/mol. The van der Waals surface area contributed by atoms with Gasteiger partial charge in [-0.15, -0.1) is 0 Å². The van der Waals surface area contributed by atoms with E-state index in [9.17, 15) is 4.79 Å². The number of aromatic nitrogens is 1. The zero-order chi connectivity index (χ0) is 22.6. The first-order valence-electron chi connectivity index (χ1n) is 11.2. The van der Waals surface area contributed by atoms with Crippen LogP contribution in [0.15, 0.2) is 66.9 Å². The van der Waals surface area contributed by atoms with Gasteiger partial charge in [-0.25, -0.2) is 0 Å². The Balaban J connectivity index is 1.21. The molecule has 6 nitrogen and oxygen atoms in total. The van der Waals surface area contributed by atoms with Gasteiger partial charge < -0.3 is 14.8 Å². The van der Waals surface area contributed by atoms with Crippen molar-refractivity contribution in [2.24, 2.45) is 5.92 Å². The average Bonchev–Trinajstić information content (AvgIpc) is 3.32. The van der Waals surface area contributed by atoms with E-state index in [-0.39, 0.29) is 24.7 Å². The number of amides is 1. The van der Waals surface area contributed by atoms with Crippen LogP contribution >= 0.6 is 11.6 Å². The monoisotopic (exact) mass is 463 g/mol. The van der Waals surface area contributed by atoms with Crippen molar-refractivity contribution in [2.45, 2.75) is 25.4 Å². The number of nitrogens with one attached hydrogen (secondary N) is 1. The van der Waals surface area contributed by atoms with Crippen LogP contribution in [0.5, 0.6) is 11.5 Å². The summed E-state index contributed by atoms with van der Waals surface area (Å²) in [5.41, 5.74) is 2.97. The maximum atomic E-state index is 13.2. The number of pyridine rings is 1. The topological polar surface area (TPSA) is 63.7 Å². The van der Waals surface area contributed by atoms with Gasteiger partial charge in [-0.1, -0.05) is 35.9 Å². The minimum absolute atomic E-state index is 0.0171. The molecule has 33 heavy (non-hydrogen) atoms. The quantitative estimate of drug-likeness (QED) is 0.579. The van der Waals surface area contributed by atoms with Crippen molar-refractivity contribution >= 4 is 17.5 Å². The summed E-state index contributed by atoms with van der Waals surface area (Å²) < 4.78 is 10.9. The highest BCUT2D eigenvalue weighted by atomic mass is 35.5. The Labute approximate surface area is 198 Å². The van der Waals surface area contributed by atoms with Gasteiger partial charge in [-0.2, -0.15) is 0 Å². The number of fused-ring (bicyclic) bond motifs is 1. The van der Waals surface area contributed by atoms with Crippen LogP contribution in [0, 0.1) is 5.92 Å². The maximum absolute atomic E-state index is 13.2. The summed E-state index contributed by atoms with van der Waals surface area (Å²) in [6.07, 6.45) is 3.40. The number of likely N-dealkylation sites (tertiary alicyclic amines) is 1. The highest BCUT2D eigenvalue weighted by molar-refractivity contribution is 6.30. The van der Waals surface area contributed by atoms with Gasteiger partial charge in [0, 0.05) is 23.7 Å². The molecule has 0 saturated carbocycles. The van der Waals surface area contributed by atoms with Gasteiger partial charge in [0.15, 0.2) is 11.5 Å². The second kappa shape index (κ2) is 9.81. The van der Waals surface area contributed by atoms with Crippen molar-refractivity contribution in [1.29, 1.82) is 0 Å². The van der Waals surface area contributed by atoms with Crippen LogP contribution in [-0.4, -0.2) is 35.7 Å². The lowest BCUT2D eigenvalue weighted by molar-refractivity contribution is -0.127. The van der Waals surface area contributed by atoms with Crippen LogP contribution in [0.4, 0.5) is 0 Å². The lowest BCUT2D eigenvalue weighted by atomic mass is 9.94. The molecule has 0 radical (unpaired) electrons. The number of hydrogen-bond donors (Lipinski definition) is 1. The summed E-state index contributed by atoms with van der Waals surface area (Å²) in [6.45, 7) is 2.88. The minimum Gasteiger partial charge on any atom is -0.454 e. The molecule has 1 aromatic heterocycles. The summed E-state index contributed by atoms with van der Waals surface area (Å²) in [6, 6.07) is 19.1. The number of halogens is 1. The molecule has 5 rings (SSSR count). The first kappa shape index (κ1) is 21.7. The first-order chi connectivity index (χ1) is 16.2. The predicted octanol–water partition coefficient (Wildman–Crippen LogP) is 4.58. The van der Waals surface area contributed by atoms with E-state index in [1.165, 1.54) is 5.56 Å². The van der Waals surface area contributed by atoms with Gasteiger partial charge in [-0.05, 0) is 73.5 Å². The molecular formula is C26H26ClN3O3. The molecule has 1 atom stereocenters. The van der Waals surface area contributed by atoms with E-state index in [0.717, 1.165) is 55.2 Å². The Morgan fingerprint density at radius 3 is 2.61 bits per heavy atom. The molecule has 3 heterocycles. The van der Waals surface area contributed by atoms with Crippen molar-refractivity contribution < 1.29 is 14.3 Å². The molecule has 2 aliphatic rings. The summed E-state index contributed by atoms with van der Waals surface area (Å²) in [5, 5.41) is 3.90. The number of hydrogen-bond acceptors (Lipinski definition) is 5. The molecule has 7 heteroatoms. The zero-order valence-corrected chi connectivity index (χ0v) is 19.0. The van der Waals surface area contributed by atoms with Crippen molar-refractivity contribution in [2.75, 3.05) is 19.9 Å². The first-order valence-corrected chi connectivity index (χ1v) is 11.6. The number of carbonyl (C=O) groups is 1. The van der Waals surface area contributed by atoms with E-state index in [2.05, 4.69) is 21.3 Å². The smallest absolute Gasteiger partial charge is 0.231 e. The van der Waals surface area contributed by atoms with E-state index in [1.54, 1.807) is 6.20 Å². The maximum Gasteiger partial charge on any atom is 0.231 e. The SMILES string of the molecule is O=C(NC(c1ccc(Cl)cc1)c1ccccn1)C1CCN(Cc2ccc3c(c2)OCO3)CC1. The number of piperidine rings is 1. The molecule has 1 N–H and O–H groups in total. The van der Waals surface area contributed by atoms with Crippen molar-refractivity contribution in [3.63, 3.8) is 0 Å². The normalized spacial score (nSPS) is 17.0. The fourth-order valence-electron chi connectivity index (χ4n) is 4.44. The van der Waals surface area contributed by atoms with Gasteiger partial charge in [0.1, 0.15) is 0 Å². The Bertz CT molecular complexity index is 1100. The van der Waals surface area contributed by atoms with E-state index in [1.807, 2.05) is 54.6 Å². The number of ether oxygens (including phenoxy) is 2. The Morgan fingerprint density at radius 1 is 1.06 bits per heavy atom. The van der Waals surface area contributed by atoms with E-state index in [4.69, 9.17) is 21.1 Å². The van der Waals surface area contributed by atoms with Crippen LogP contribution in [0.25, 0.3) is 0 Å². The van der Waals surface area contributed by atoms with Gasteiger partial charge >= 0.3 is 0 Å². The van der Waals surface area contributed by atoms with Crippen molar-refractivity contribution in [3.8, 4) is 11.5 Å². The Hall–Kier alpha value is -3.09. The Kier molecular flexibility index (Phi) is 6.46. The van der Waals surface area contributed by atoms with Crippen LogP contribution in [0.3, 0.4) is 0 Å². The molecule has 1 fully saturated rings. The van der Waals surface area contributed by atoms with E-state index >= 15 is 0 Å². The third-order valence-electron chi connectivity index (χ3n) is 6.28. The molecule has 170 valence electrons. The second-order valence-corrected chi connectivity index (χ2v) is 8.92. The van der Waals surface area contributed by atoms with Crippen LogP contribution < -0.4 is 14.8 Å². The van der Waals surface area contributed by atoms with Gasteiger partial charge in [-0.3, -0.25) is 14.7 Å². The van der Waals surface area contributed by atoms with Crippen LogP contribution in [0.1, 0.15) is 35.7 Å². The van der Waals surface area contributed by atoms with Gasteiger partial charge in [0.05, 0.1) is 11.7 Å². The fraction of sp³-hybridized carbons (Fsp3) is 0.308. The van der Waals surface area contributed by atoms with Gasteiger partial charge in [0.2, 0.25) is 12.7 Å². The molecule has 2 aliphatic heterocycles. The Morgan fingerprint density at radius 2 is 1.85 bits per heavy atom. The highest BCUT2D eigenvalue weighted by Gasteiger charge is 2.28. The summed E-state index contributed by atoms with van der Waals surface area (Å²) in [5.74, 6) is 1.67. The van der Waals surface area contributed by atoms with Gasteiger partial charge in [0.25, 0.3) is 0 Å². The standard InChI is InChI=1S/C26H26ClN3O3/c27-21-7-5-19(6-8-21)25(22-3-1-2-12-28-22)29-26(31)20-10-13-30(14-11-20)16-18-4-9-23-24(15-18)33-17-32-23/h1-9,12,15,20,25H,10-11,13-14,16-17H2,(H,29,31). The molecule has 3 aromatic rings. The molecule has 2 aromatic carbocycles. The predicted molar refractivity (Wildman–Crippen MR) is 126 cm³/mol. The fourth-order valence-corrected chi connectivity index (χ4v) is 4.57. The molecule has 1 amide bonds. The molecule has 1 unspecified atom stereocenters. The molecule has 0 bridgehead atoms. The minimum atomic E-state index is -0.303. The summed E-state index contributed by atoms with van der Waals surface area (Å²) >= 11 is 6.07. The van der Waals surface area contributed by atoms with Crippen molar-refractivity contribution in [3.05, 3.63) is 88.7 Å². The third kappa shape index (κ3) is 5.13. The lowest BCUT2D eigenvalue weighted by Crippen LogP contribution is -2.41. The number of carbonyl (C=O) groups excluding carboxylic acids is 1. The number of rotatable bonds is 6. The number of benzene rings is 2. The zero-order valence-electron chi connectivity index (χ0n) is 18.2. The molecule has 1 saturated heterocycles. The third-order valence-corrected chi connectivity index (χ3v) is 6.53.